The Morgan fingerprint density at radius 2 is 1.04 bits per heavy atom. The van der Waals surface area contributed by atoms with Crippen LogP contribution in [0.15, 0.2) is 146 Å². The molecule has 6 aromatic carbocycles. The molecule has 45 heavy (non-hydrogen) atoms. The van der Waals surface area contributed by atoms with Crippen LogP contribution in [0.4, 0.5) is 0 Å². The summed E-state index contributed by atoms with van der Waals surface area (Å²) in [6, 6.07) is 50.3. The van der Waals surface area contributed by atoms with Gasteiger partial charge in [-0.3, -0.25) is 4.57 Å². The average molecular weight is 575 g/mol. The molecule has 4 nitrogen and oxygen atoms in total. The van der Waals surface area contributed by atoms with Gasteiger partial charge in [0.1, 0.15) is 12.1 Å². The number of fused-ring (bicyclic) bond motifs is 9. The van der Waals surface area contributed by atoms with Crippen molar-refractivity contribution < 1.29 is 0 Å². The molecule has 0 unspecified atom stereocenters. The van der Waals surface area contributed by atoms with Crippen molar-refractivity contribution in [2.45, 2.75) is 6.42 Å². The van der Waals surface area contributed by atoms with E-state index in [9.17, 15) is 0 Å². The summed E-state index contributed by atoms with van der Waals surface area (Å²) in [5.41, 5.74) is 13.1. The van der Waals surface area contributed by atoms with Crippen molar-refractivity contribution >= 4 is 43.6 Å². The molecule has 0 aliphatic heterocycles. The molecule has 0 amide bonds. The topological polar surface area (TPSA) is 35.6 Å². The molecule has 10 rings (SSSR count). The number of benzene rings is 6. The summed E-state index contributed by atoms with van der Waals surface area (Å²) in [6.45, 7) is 0. The van der Waals surface area contributed by atoms with Crippen molar-refractivity contribution in [3.63, 3.8) is 0 Å². The van der Waals surface area contributed by atoms with Crippen LogP contribution in [0.1, 0.15) is 11.1 Å². The lowest BCUT2D eigenvalue weighted by atomic mass is 10.0. The van der Waals surface area contributed by atoms with Gasteiger partial charge in [-0.05, 0) is 65.2 Å². The molecular weight excluding hydrogens is 548 g/mol. The minimum absolute atomic E-state index is 0.838. The van der Waals surface area contributed by atoms with Gasteiger partial charge in [0.15, 0.2) is 0 Å². The summed E-state index contributed by atoms with van der Waals surface area (Å²) < 4.78 is 4.70. The quantitative estimate of drug-likeness (QED) is 0.211. The zero-order chi connectivity index (χ0) is 29.5. The van der Waals surface area contributed by atoms with Crippen LogP contribution in [0.3, 0.4) is 0 Å². The van der Waals surface area contributed by atoms with Gasteiger partial charge in [0.05, 0.1) is 27.8 Å². The van der Waals surface area contributed by atoms with Crippen LogP contribution in [-0.2, 0) is 6.42 Å². The SMILES string of the molecule is c1ccc(-n2c3ccccc3c3cc(-c4ccc5c(c4)c4ccccc4n5-c4ncnc5c4Cc4ccccc4-5)ccc32)cc1. The summed E-state index contributed by atoms with van der Waals surface area (Å²) in [4.78, 5) is 9.62. The summed E-state index contributed by atoms with van der Waals surface area (Å²) in [5.74, 6) is 0.963. The van der Waals surface area contributed by atoms with Gasteiger partial charge < -0.3 is 4.57 Å². The van der Waals surface area contributed by atoms with E-state index in [1.54, 1.807) is 6.33 Å². The molecule has 210 valence electrons. The van der Waals surface area contributed by atoms with Gasteiger partial charge >= 0.3 is 0 Å². The highest BCUT2D eigenvalue weighted by Crippen LogP contribution is 2.41. The van der Waals surface area contributed by atoms with Crippen molar-refractivity contribution in [2.75, 3.05) is 0 Å². The van der Waals surface area contributed by atoms with E-state index < -0.39 is 0 Å². The van der Waals surface area contributed by atoms with Gasteiger partial charge in [-0.2, -0.15) is 0 Å². The van der Waals surface area contributed by atoms with E-state index in [0.29, 0.717) is 0 Å². The standard InChI is InChI=1S/C41H26N4/c1-2-11-29(12-3-1)44-36-16-8-6-14-31(36)33-22-26(18-20-38(33)44)27-19-21-39-34(23-27)32-15-7-9-17-37(32)45(39)41-35-24-28-10-4-5-13-30(28)40(35)42-25-43-41/h1-23,25H,24H2. The fraction of sp³-hybridized carbons (Fsp3) is 0.0244. The Morgan fingerprint density at radius 1 is 0.467 bits per heavy atom. The summed E-state index contributed by atoms with van der Waals surface area (Å²) in [7, 11) is 0. The molecule has 0 bridgehead atoms. The van der Waals surface area contributed by atoms with E-state index >= 15 is 0 Å². The Balaban J connectivity index is 1.18. The summed E-state index contributed by atoms with van der Waals surface area (Å²) in [6.07, 6.45) is 2.55. The minimum atomic E-state index is 0.838. The number of rotatable bonds is 3. The molecule has 0 radical (unpaired) electrons. The Morgan fingerprint density at radius 3 is 1.78 bits per heavy atom. The Hall–Kier alpha value is -6.00. The molecule has 0 atom stereocenters. The predicted molar refractivity (Wildman–Crippen MR) is 184 cm³/mol. The van der Waals surface area contributed by atoms with Crippen molar-refractivity contribution in [3.8, 4) is 33.9 Å². The maximum absolute atomic E-state index is 4.90. The molecule has 0 N–H and O–H groups in total. The average Bonchev–Trinajstić information content (AvgIpc) is 3.76. The van der Waals surface area contributed by atoms with Gasteiger partial charge in [0.25, 0.3) is 0 Å². The summed E-state index contributed by atoms with van der Waals surface area (Å²) >= 11 is 0. The molecular formula is C41H26N4. The second-order valence-corrected chi connectivity index (χ2v) is 11.9. The second-order valence-electron chi connectivity index (χ2n) is 11.9. The molecule has 0 fully saturated rings. The first-order valence-corrected chi connectivity index (χ1v) is 15.4. The van der Waals surface area contributed by atoms with Crippen molar-refractivity contribution in [1.29, 1.82) is 0 Å². The summed E-state index contributed by atoms with van der Waals surface area (Å²) in [5, 5.41) is 4.96. The van der Waals surface area contributed by atoms with Crippen LogP contribution in [-0.4, -0.2) is 19.1 Å². The van der Waals surface area contributed by atoms with E-state index in [0.717, 1.165) is 29.0 Å². The fourth-order valence-corrected chi connectivity index (χ4v) is 7.47. The Bertz CT molecular complexity index is 2620. The largest absolute Gasteiger partial charge is 0.309 e. The third kappa shape index (κ3) is 3.48. The van der Waals surface area contributed by atoms with Crippen molar-refractivity contribution in [3.05, 3.63) is 157 Å². The van der Waals surface area contributed by atoms with Crippen molar-refractivity contribution in [1.82, 2.24) is 19.1 Å². The maximum atomic E-state index is 4.90. The maximum Gasteiger partial charge on any atom is 0.145 e. The number of hydrogen-bond acceptors (Lipinski definition) is 2. The van der Waals surface area contributed by atoms with E-state index in [1.807, 2.05) is 0 Å². The minimum Gasteiger partial charge on any atom is -0.309 e. The van der Waals surface area contributed by atoms with Crippen LogP contribution in [0.2, 0.25) is 0 Å². The van der Waals surface area contributed by atoms with Gasteiger partial charge in [0.2, 0.25) is 0 Å². The van der Waals surface area contributed by atoms with Gasteiger partial charge in [0, 0.05) is 44.8 Å². The van der Waals surface area contributed by atoms with E-state index in [1.165, 1.54) is 66.1 Å². The first-order valence-electron chi connectivity index (χ1n) is 15.4. The molecule has 1 aliphatic carbocycles. The highest BCUT2D eigenvalue weighted by Gasteiger charge is 2.25. The second kappa shape index (κ2) is 9.25. The smallest absolute Gasteiger partial charge is 0.145 e. The molecule has 9 aromatic rings. The van der Waals surface area contributed by atoms with Gasteiger partial charge in [-0.15, -0.1) is 0 Å². The van der Waals surface area contributed by atoms with Crippen LogP contribution < -0.4 is 0 Å². The van der Waals surface area contributed by atoms with Gasteiger partial charge in [-0.25, -0.2) is 9.97 Å². The van der Waals surface area contributed by atoms with E-state index in [4.69, 9.17) is 9.97 Å². The number of nitrogens with zero attached hydrogens (tertiary/aromatic N) is 4. The highest BCUT2D eigenvalue weighted by atomic mass is 15.1. The predicted octanol–water partition coefficient (Wildman–Crippen LogP) is 9.91. The highest BCUT2D eigenvalue weighted by molar-refractivity contribution is 6.12. The molecule has 0 spiro atoms. The molecule has 0 saturated carbocycles. The van der Waals surface area contributed by atoms with Gasteiger partial charge in [-0.1, -0.05) is 91.0 Å². The lowest BCUT2D eigenvalue weighted by Gasteiger charge is -2.11. The van der Waals surface area contributed by atoms with Crippen LogP contribution >= 0.6 is 0 Å². The zero-order valence-electron chi connectivity index (χ0n) is 24.4. The third-order valence-corrected chi connectivity index (χ3v) is 9.47. The van der Waals surface area contributed by atoms with Crippen LogP contribution in [0.5, 0.6) is 0 Å². The monoisotopic (exact) mass is 574 g/mol. The molecule has 3 aromatic heterocycles. The lowest BCUT2D eigenvalue weighted by molar-refractivity contribution is 1.00. The van der Waals surface area contributed by atoms with Crippen molar-refractivity contribution in [2.24, 2.45) is 0 Å². The Labute approximate surface area is 259 Å². The normalized spacial score (nSPS) is 12.4. The van der Waals surface area contributed by atoms with Crippen LogP contribution in [0, 0.1) is 0 Å². The fourth-order valence-electron chi connectivity index (χ4n) is 7.47. The van der Waals surface area contributed by atoms with E-state index in [-0.39, 0.29) is 0 Å². The third-order valence-electron chi connectivity index (χ3n) is 9.47. The lowest BCUT2D eigenvalue weighted by Crippen LogP contribution is -2.03. The number of aromatic nitrogens is 4. The number of hydrogen-bond donors (Lipinski definition) is 0. The first kappa shape index (κ1) is 24.4. The van der Waals surface area contributed by atoms with Crippen LogP contribution in [0.25, 0.3) is 77.5 Å². The molecule has 3 heterocycles. The molecule has 0 saturated heterocycles. The first-order chi connectivity index (χ1) is 22.3. The molecule has 1 aliphatic rings. The number of para-hydroxylation sites is 3. The van der Waals surface area contributed by atoms with E-state index in [2.05, 4.69) is 149 Å². The molecule has 4 heteroatoms. The Kier molecular flexibility index (Phi) is 5.02. The zero-order valence-corrected chi connectivity index (χ0v) is 24.4.